The quantitative estimate of drug-likeness (QED) is 0.763. The van der Waals surface area contributed by atoms with Crippen LogP contribution in [0, 0.1) is 0 Å². The van der Waals surface area contributed by atoms with Crippen LogP contribution in [-0.2, 0) is 9.59 Å². The van der Waals surface area contributed by atoms with E-state index in [1.54, 1.807) is 23.2 Å². The lowest BCUT2D eigenvalue weighted by molar-refractivity contribution is -0.147. The number of carbonyl (C=O) groups excluding carboxylic acids is 1. The van der Waals surface area contributed by atoms with Gasteiger partial charge in [-0.1, -0.05) is 19.9 Å². The molecule has 0 aromatic carbocycles. The van der Waals surface area contributed by atoms with Gasteiger partial charge in [0.15, 0.2) is 5.92 Å². The van der Waals surface area contributed by atoms with Gasteiger partial charge in [0, 0.05) is 25.5 Å². The number of pyridine rings is 1. The van der Waals surface area contributed by atoms with Crippen LogP contribution >= 0.6 is 0 Å². The highest BCUT2D eigenvalue weighted by Gasteiger charge is 2.31. The molecule has 1 atom stereocenters. The summed E-state index contributed by atoms with van der Waals surface area (Å²) in [6.45, 7) is 5.10. The Hall–Kier alpha value is -1.91. The highest BCUT2D eigenvalue weighted by Crippen LogP contribution is 2.18. The molecule has 1 heterocycles. The van der Waals surface area contributed by atoms with Crippen molar-refractivity contribution in [3.8, 4) is 0 Å². The number of aliphatic carboxylic acids is 1. The number of aromatic nitrogens is 1. The molecule has 0 aliphatic carbocycles. The van der Waals surface area contributed by atoms with E-state index < -0.39 is 11.9 Å². The van der Waals surface area contributed by atoms with Crippen LogP contribution < -0.4 is 0 Å². The first-order valence-corrected chi connectivity index (χ1v) is 6.53. The van der Waals surface area contributed by atoms with Crippen LogP contribution in [0.5, 0.6) is 0 Å². The summed E-state index contributed by atoms with van der Waals surface area (Å²) in [6, 6.07) is 3.27. The number of amides is 1. The topological polar surface area (TPSA) is 70.5 Å². The van der Waals surface area contributed by atoms with Crippen LogP contribution in [0.15, 0.2) is 24.5 Å². The van der Waals surface area contributed by atoms with Crippen molar-refractivity contribution in [1.29, 1.82) is 0 Å². The van der Waals surface area contributed by atoms with Gasteiger partial charge < -0.3 is 10.0 Å². The number of nitrogens with zero attached hydrogens (tertiary/aromatic N) is 2. The van der Waals surface area contributed by atoms with E-state index in [1.807, 2.05) is 13.8 Å². The van der Waals surface area contributed by atoms with Crippen LogP contribution in [0.3, 0.4) is 0 Å². The van der Waals surface area contributed by atoms with Crippen LogP contribution in [0.25, 0.3) is 0 Å². The zero-order chi connectivity index (χ0) is 14.3. The van der Waals surface area contributed by atoms with Gasteiger partial charge in [0.25, 0.3) is 0 Å². The highest BCUT2D eigenvalue weighted by molar-refractivity contribution is 6.02. The molecule has 1 aromatic rings. The lowest BCUT2D eigenvalue weighted by Crippen LogP contribution is -2.39. The van der Waals surface area contributed by atoms with Gasteiger partial charge in [0.1, 0.15) is 0 Å². The third-order valence-electron chi connectivity index (χ3n) is 2.81. The summed E-state index contributed by atoms with van der Waals surface area (Å²) in [4.78, 5) is 29.3. The Labute approximate surface area is 113 Å². The maximum absolute atomic E-state index is 12.4. The molecular formula is C14H20N2O3. The minimum Gasteiger partial charge on any atom is -0.480 e. The van der Waals surface area contributed by atoms with Gasteiger partial charge in [0.2, 0.25) is 5.91 Å². The first-order valence-electron chi connectivity index (χ1n) is 6.53. The van der Waals surface area contributed by atoms with Crippen LogP contribution in [0.2, 0.25) is 0 Å². The third kappa shape index (κ3) is 4.05. The molecule has 0 fully saturated rings. The molecule has 1 aromatic heterocycles. The van der Waals surface area contributed by atoms with E-state index in [-0.39, 0.29) is 5.91 Å². The summed E-state index contributed by atoms with van der Waals surface area (Å²) in [6.07, 6.45) is 4.62. The first kappa shape index (κ1) is 15.1. The Morgan fingerprint density at radius 3 is 2.37 bits per heavy atom. The number of carbonyl (C=O) groups is 2. The summed E-state index contributed by atoms with van der Waals surface area (Å²) >= 11 is 0. The molecule has 0 spiro atoms. The van der Waals surface area contributed by atoms with Gasteiger partial charge >= 0.3 is 5.97 Å². The molecule has 0 saturated carbocycles. The van der Waals surface area contributed by atoms with E-state index in [0.29, 0.717) is 18.7 Å². The molecule has 1 unspecified atom stereocenters. The molecule has 5 nitrogen and oxygen atoms in total. The predicted molar refractivity (Wildman–Crippen MR) is 71.8 cm³/mol. The van der Waals surface area contributed by atoms with Crippen molar-refractivity contribution in [3.05, 3.63) is 30.1 Å². The number of hydrogen-bond donors (Lipinski definition) is 1. The van der Waals surface area contributed by atoms with Gasteiger partial charge in [-0.2, -0.15) is 0 Å². The minimum atomic E-state index is -1.16. The van der Waals surface area contributed by atoms with Gasteiger partial charge in [-0.15, -0.1) is 0 Å². The second kappa shape index (κ2) is 7.51. The van der Waals surface area contributed by atoms with Crippen molar-refractivity contribution in [2.75, 3.05) is 13.1 Å². The molecule has 104 valence electrons. The Bertz CT molecular complexity index is 414. The average molecular weight is 264 g/mol. The van der Waals surface area contributed by atoms with E-state index in [4.69, 9.17) is 0 Å². The third-order valence-corrected chi connectivity index (χ3v) is 2.81. The largest absolute Gasteiger partial charge is 0.480 e. The second-order valence-corrected chi connectivity index (χ2v) is 4.38. The molecular weight excluding hydrogens is 244 g/mol. The minimum absolute atomic E-state index is 0.357. The number of carboxylic acids is 1. The number of rotatable bonds is 7. The Kier molecular flexibility index (Phi) is 5.99. The molecule has 1 N–H and O–H groups in total. The smallest absolute Gasteiger partial charge is 0.320 e. The second-order valence-electron chi connectivity index (χ2n) is 4.38. The zero-order valence-corrected chi connectivity index (χ0v) is 11.4. The van der Waals surface area contributed by atoms with Gasteiger partial charge in [-0.3, -0.25) is 14.6 Å². The lowest BCUT2D eigenvalue weighted by Gasteiger charge is -2.25. The molecule has 0 aliphatic heterocycles. The maximum atomic E-state index is 12.4. The molecule has 0 bridgehead atoms. The summed E-state index contributed by atoms with van der Waals surface area (Å²) in [5.74, 6) is -2.65. The van der Waals surface area contributed by atoms with E-state index in [0.717, 1.165) is 12.8 Å². The van der Waals surface area contributed by atoms with Crippen molar-refractivity contribution in [1.82, 2.24) is 9.88 Å². The summed E-state index contributed by atoms with van der Waals surface area (Å²) in [5, 5.41) is 9.31. The van der Waals surface area contributed by atoms with E-state index in [2.05, 4.69) is 4.98 Å². The van der Waals surface area contributed by atoms with Crippen LogP contribution in [-0.4, -0.2) is 40.0 Å². The van der Waals surface area contributed by atoms with Crippen molar-refractivity contribution < 1.29 is 14.7 Å². The predicted octanol–water partition coefficient (Wildman–Crippen LogP) is 1.90. The number of carboxylic acid groups (broad SMARTS) is 1. The van der Waals surface area contributed by atoms with Crippen molar-refractivity contribution in [2.24, 2.45) is 0 Å². The van der Waals surface area contributed by atoms with E-state index in [9.17, 15) is 14.7 Å². The van der Waals surface area contributed by atoms with Crippen molar-refractivity contribution in [3.63, 3.8) is 0 Å². The molecule has 0 saturated heterocycles. The zero-order valence-electron chi connectivity index (χ0n) is 11.4. The Morgan fingerprint density at radius 2 is 1.95 bits per heavy atom. The van der Waals surface area contributed by atoms with Crippen molar-refractivity contribution >= 4 is 11.9 Å². The molecule has 0 radical (unpaired) electrons. The van der Waals surface area contributed by atoms with Gasteiger partial charge in [-0.25, -0.2) is 0 Å². The fourth-order valence-electron chi connectivity index (χ4n) is 1.99. The van der Waals surface area contributed by atoms with Crippen LogP contribution in [0.1, 0.15) is 38.2 Å². The van der Waals surface area contributed by atoms with E-state index in [1.165, 1.54) is 6.20 Å². The summed E-state index contributed by atoms with van der Waals surface area (Å²) < 4.78 is 0. The number of hydrogen-bond acceptors (Lipinski definition) is 3. The first-order chi connectivity index (χ1) is 9.11. The van der Waals surface area contributed by atoms with Gasteiger partial charge in [0.05, 0.1) is 0 Å². The highest BCUT2D eigenvalue weighted by atomic mass is 16.4. The molecule has 0 aliphatic rings. The Morgan fingerprint density at radius 1 is 1.32 bits per heavy atom. The van der Waals surface area contributed by atoms with Crippen LogP contribution in [0.4, 0.5) is 0 Å². The fraction of sp³-hybridized carbons (Fsp3) is 0.500. The fourth-order valence-corrected chi connectivity index (χ4v) is 1.99. The van der Waals surface area contributed by atoms with E-state index >= 15 is 0 Å². The molecule has 19 heavy (non-hydrogen) atoms. The average Bonchev–Trinajstić information content (AvgIpc) is 2.39. The molecule has 5 heteroatoms. The Balaban J connectivity index is 2.98. The summed E-state index contributed by atoms with van der Waals surface area (Å²) in [7, 11) is 0. The standard InChI is InChI=1S/C14H20N2O3/c1-3-8-16(9-4-2)13(17)12(14(18)19)11-6-5-7-15-10-11/h5-7,10,12H,3-4,8-9H2,1-2H3,(H,18,19). The monoisotopic (exact) mass is 264 g/mol. The SMILES string of the molecule is CCCN(CCC)C(=O)C(C(=O)O)c1cccnc1. The summed E-state index contributed by atoms with van der Waals surface area (Å²) in [5.41, 5.74) is 0.428. The normalized spacial score (nSPS) is 11.9. The maximum Gasteiger partial charge on any atom is 0.320 e. The van der Waals surface area contributed by atoms with Crippen molar-refractivity contribution in [2.45, 2.75) is 32.6 Å². The molecule has 1 rings (SSSR count). The lowest BCUT2D eigenvalue weighted by atomic mass is 9.99. The van der Waals surface area contributed by atoms with Gasteiger partial charge in [-0.05, 0) is 24.5 Å². The molecule has 1 amide bonds.